The number of hydrogen-bond donors (Lipinski definition) is 0. The van der Waals surface area contributed by atoms with Crippen LogP contribution in [0.2, 0.25) is 5.02 Å². The van der Waals surface area contributed by atoms with Crippen LogP contribution in [-0.2, 0) is 17.5 Å². The van der Waals surface area contributed by atoms with E-state index < -0.39 is 11.7 Å². The summed E-state index contributed by atoms with van der Waals surface area (Å²) < 4.78 is 38.2. The van der Waals surface area contributed by atoms with Gasteiger partial charge in [-0.2, -0.15) is 13.2 Å². The number of rotatable bonds is 4. The van der Waals surface area contributed by atoms with Crippen molar-refractivity contribution in [3.8, 4) is 0 Å². The number of halogens is 4. The van der Waals surface area contributed by atoms with E-state index in [1.54, 1.807) is 23.3 Å². The molecule has 0 saturated carbocycles. The molecule has 4 nitrogen and oxygen atoms in total. The number of anilines is 1. The van der Waals surface area contributed by atoms with Gasteiger partial charge in [0.05, 0.1) is 17.1 Å². The molecule has 1 amide bonds. The molecule has 0 radical (unpaired) electrons. The summed E-state index contributed by atoms with van der Waals surface area (Å²) in [6.07, 6.45) is -2.44. The summed E-state index contributed by atoms with van der Waals surface area (Å²) in [5, 5.41) is 1.96. The van der Waals surface area contributed by atoms with Crippen LogP contribution < -0.4 is 4.90 Å². The van der Waals surface area contributed by atoms with Gasteiger partial charge in [-0.25, -0.2) is 4.98 Å². The monoisotopic (exact) mass is 417 g/mol. The normalized spacial score (nSPS) is 15.8. The Bertz CT molecular complexity index is 790. The van der Waals surface area contributed by atoms with Gasteiger partial charge in [0.15, 0.2) is 0 Å². The number of pyridine rings is 1. The van der Waals surface area contributed by atoms with Gasteiger partial charge in [-0.1, -0.05) is 17.7 Å². The molecule has 9 heteroatoms. The molecule has 2 aromatic heterocycles. The van der Waals surface area contributed by atoms with Gasteiger partial charge in [0, 0.05) is 37.1 Å². The van der Waals surface area contributed by atoms with E-state index in [0.29, 0.717) is 38.3 Å². The minimum absolute atomic E-state index is 0.0237. The molecule has 3 rings (SSSR count). The molecule has 1 saturated heterocycles. The van der Waals surface area contributed by atoms with Crippen LogP contribution in [0.4, 0.5) is 19.0 Å². The number of aromatic nitrogens is 1. The summed E-state index contributed by atoms with van der Waals surface area (Å²) in [6, 6.07) is 4.85. The fourth-order valence-electron chi connectivity index (χ4n) is 3.18. The third-order valence-corrected chi connectivity index (χ3v) is 5.78. The number of nitrogens with zero attached hydrogens (tertiary/aromatic N) is 3. The van der Waals surface area contributed by atoms with Crippen LogP contribution in [0.25, 0.3) is 0 Å². The zero-order valence-electron chi connectivity index (χ0n) is 14.7. The second kappa shape index (κ2) is 8.06. The van der Waals surface area contributed by atoms with Gasteiger partial charge in [-0.3, -0.25) is 4.79 Å². The SMILES string of the molecule is CN(Cc1cccs1)C(=O)C1CCN(c2ncc(C(F)(F)F)cc2Cl)CC1. The topological polar surface area (TPSA) is 36.4 Å². The highest BCUT2D eigenvalue weighted by Crippen LogP contribution is 2.34. The van der Waals surface area contributed by atoms with E-state index >= 15 is 0 Å². The molecule has 0 N–H and O–H groups in total. The molecule has 0 atom stereocenters. The van der Waals surface area contributed by atoms with Crippen molar-refractivity contribution in [2.75, 3.05) is 25.0 Å². The minimum atomic E-state index is -4.47. The molecular weight excluding hydrogens is 399 g/mol. The Morgan fingerprint density at radius 2 is 2.11 bits per heavy atom. The standard InChI is InChI=1S/C18H19ClF3N3OS/c1-24(11-14-3-2-8-27-14)17(26)12-4-6-25(7-5-12)16-15(19)9-13(10-23-16)18(20,21)22/h2-3,8-10,12H,4-7,11H2,1H3. The largest absolute Gasteiger partial charge is 0.417 e. The smallest absolute Gasteiger partial charge is 0.355 e. The predicted molar refractivity (Wildman–Crippen MR) is 100.0 cm³/mol. The second-order valence-electron chi connectivity index (χ2n) is 6.56. The van der Waals surface area contributed by atoms with Crippen LogP contribution in [0.3, 0.4) is 0 Å². The van der Waals surface area contributed by atoms with Gasteiger partial charge in [-0.15, -0.1) is 11.3 Å². The van der Waals surface area contributed by atoms with Crippen molar-refractivity contribution >= 4 is 34.7 Å². The summed E-state index contributed by atoms with van der Waals surface area (Å²) in [6.45, 7) is 1.64. The average molecular weight is 418 g/mol. The van der Waals surface area contributed by atoms with Crippen molar-refractivity contribution in [2.24, 2.45) is 5.92 Å². The Kier molecular flexibility index (Phi) is 5.95. The summed E-state index contributed by atoms with van der Waals surface area (Å²) in [4.78, 5) is 21.2. The van der Waals surface area contributed by atoms with E-state index in [1.165, 1.54) is 0 Å². The average Bonchev–Trinajstić information content (AvgIpc) is 3.13. The van der Waals surface area contributed by atoms with Crippen LogP contribution in [0, 0.1) is 5.92 Å². The summed E-state index contributed by atoms with van der Waals surface area (Å²) in [7, 11) is 1.79. The van der Waals surface area contributed by atoms with Crippen LogP contribution >= 0.6 is 22.9 Å². The number of piperidine rings is 1. The maximum Gasteiger partial charge on any atom is 0.417 e. The van der Waals surface area contributed by atoms with Gasteiger partial charge in [0.2, 0.25) is 5.91 Å². The van der Waals surface area contributed by atoms with Crippen molar-refractivity contribution in [1.82, 2.24) is 9.88 Å². The first-order valence-electron chi connectivity index (χ1n) is 8.50. The molecule has 2 aromatic rings. The summed E-state index contributed by atoms with van der Waals surface area (Å²) >= 11 is 7.63. The number of amides is 1. The van der Waals surface area contributed by atoms with E-state index in [-0.39, 0.29) is 16.8 Å². The van der Waals surface area contributed by atoms with E-state index in [0.717, 1.165) is 17.1 Å². The molecule has 0 bridgehead atoms. The Labute approximate surface area is 164 Å². The highest BCUT2D eigenvalue weighted by atomic mass is 35.5. The van der Waals surface area contributed by atoms with E-state index in [9.17, 15) is 18.0 Å². The lowest BCUT2D eigenvalue weighted by atomic mass is 9.95. The summed E-state index contributed by atoms with van der Waals surface area (Å²) in [5.41, 5.74) is -0.864. The second-order valence-corrected chi connectivity index (χ2v) is 8.00. The number of carbonyl (C=O) groups is 1. The number of alkyl halides is 3. The Balaban J connectivity index is 1.59. The Hall–Kier alpha value is -1.80. The van der Waals surface area contributed by atoms with Crippen molar-refractivity contribution in [1.29, 1.82) is 0 Å². The fourth-order valence-corrected chi connectivity index (χ4v) is 4.23. The van der Waals surface area contributed by atoms with Gasteiger partial charge in [-0.05, 0) is 30.4 Å². The fraction of sp³-hybridized carbons (Fsp3) is 0.444. The molecule has 1 aliphatic rings. The van der Waals surface area contributed by atoms with E-state index in [1.807, 2.05) is 22.4 Å². The first-order chi connectivity index (χ1) is 12.8. The molecule has 3 heterocycles. The first kappa shape index (κ1) is 19.9. The third-order valence-electron chi connectivity index (χ3n) is 4.64. The number of hydrogen-bond acceptors (Lipinski definition) is 4. The van der Waals surface area contributed by atoms with Crippen LogP contribution in [-0.4, -0.2) is 35.9 Å². The molecule has 1 fully saturated rings. The molecule has 0 spiro atoms. The Morgan fingerprint density at radius 1 is 1.41 bits per heavy atom. The van der Waals surface area contributed by atoms with Crippen LogP contribution in [0.5, 0.6) is 0 Å². The lowest BCUT2D eigenvalue weighted by molar-refractivity contribution is -0.138. The number of thiophene rings is 1. The first-order valence-corrected chi connectivity index (χ1v) is 9.76. The highest BCUT2D eigenvalue weighted by molar-refractivity contribution is 7.09. The lowest BCUT2D eigenvalue weighted by Gasteiger charge is -2.34. The van der Waals surface area contributed by atoms with Crippen molar-refractivity contribution in [2.45, 2.75) is 25.6 Å². The minimum Gasteiger partial charge on any atom is -0.355 e. The molecule has 146 valence electrons. The van der Waals surface area contributed by atoms with Gasteiger partial charge in [0.25, 0.3) is 0 Å². The highest BCUT2D eigenvalue weighted by Gasteiger charge is 2.33. The van der Waals surface area contributed by atoms with E-state index in [2.05, 4.69) is 4.98 Å². The molecule has 0 aromatic carbocycles. The van der Waals surface area contributed by atoms with Gasteiger partial charge < -0.3 is 9.80 Å². The zero-order valence-corrected chi connectivity index (χ0v) is 16.2. The maximum absolute atomic E-state index is 12.7. The van der Waals surface area contributed by atoms with Crippen molar-refractivity contribution in [3.05, 3.63) is 45.2 Å². The van der Waals surface area contributed by atoms with Gasteiger partial charge in [0.1, 0.15) is 5.82 Å². The Morgan fingerprint density at radius 3 is 2.67 bits per heavy atom. The molecule has 0 aliphatic carbocycles. The lowest BCUT2D eigenvalue weighted by Crippen LogP contribution is -2.41. The molecule has 1 aliphatic heterocycles. The third kappa shape index (κ3) is 4.73. The molecule has 27 heavy (non-hydrogen) atoms. The van der Waals surface area contributed by atoms with E-state index in [4.69, 9.17) is 11.6 Å². The molecule has 0 unspecified atom stereocenters. The quantitative estimate of drug-likeness (QED) is 0.724. The molecular formula is C18H19ClF3N3OS. The zero-order chi connectivity index (χ0) is 19.6. The number of carbonyl (C=O) groups excluding carboxylic acids is 1. The van der Waals surface area contributed by atoms with Crippen molar-refractivity contribution < 1.29 is 18.0 Å². The summed E-state index contributed by atoms with van der Waals surface area (Å²) in [5.74, 6) is 0.330. The van der Waals surface area contributed by atoms with Crippen molar-refractivity contribution in [3.63, 3.8) is 0 Å². The van der Waals surface area contributed by atoms with Crippen LogP contribution in [0.1, 0.15) is 23.3 Å². The predicted octanol–water partition coefficient (Wildman–Crippen LogP) is 4.69. The van der Waals surface area contributed by atoms with Gasteiger partial charge >= 0.3 is 6.18 Å². The maximum atomic E-state index is 12.7. The van der Waals surface area contributed by atoms with Crippen LogP contribution in [0.15, 0.2) is 29.8 Å².